The van der Waals surface area contributed by atoms with Crippen LogP contribution in [0.15, 0.2) is 85.1 Å². The minimum atomic E-state index is -4.40. The molecule has 9 nitrogen and oxygen atoms in total. The Labute approximate surface area is 507 Å². The van der Waals surface area contributed by atoms with E-state index >= 15 is 0 Å². The molecular weight excluding hydrogens is 1040 g/mol. The van der Waals surface area contributed by atoms with E-state index in [0.29, 0.717) is 17.4 Å². The number of allylic oxidation sites excluding steroid dienone is 14. The predicted molar refractivity (Wildman–Crippen MR) is 353 cm³/mol. The molecule has 10 heteroatoms. The number of likely N-dealkylation sites (N-methyl/N-ethyl adjacent to an activating group) is 1. The monoisotopic (exact) mass is 1170 g/mol. The number of carbonyl (C=O) groups excluding carboxylic acids is 2. The zero-order chi connectivity index (χ0) is 59.8. The Hall–Kier alpha value is -2.81. The third-order valence-electron chi connectivity index (χ3n) is 14.9. The van der Waals surface area contributed by atoms with Crippen molar-refractivity contribution in [1.29, 1.82) is 0 Å². The van der Waals surface area contributed by atoms with Gasteiger partial charge in [-0.05, 0) is 89.9 Å². The number of rotatable bonds is 63. The van der Waals surface area contributed by atoms with Crippen LogP contribution >= 0.6 is 7.82 Å². The second-order valence-corrected chi connectivity index (χ2v) is 25.6. The molecule has 0 aliphatic carbocycles. The van der Waals surface area contributed by atoms with Crippen molar-refractivity contribution in [2.75, 3.05) is 47.5 Å². The van der Waals surface area contributed by atoms with Gasteiger partial charge in [-0.2, -0.15) is 0 Å². The maximum Gasteiger partial charge on any atom is 0.472 e. The van der Waals surface area contributed by atoms with Crippen LogP contribution in [0.5, 0.6) is 0 Å². The first-order chi connectivity index (χ1) is 40.0. The van der Waals surface area contributed by atoms with Crippen molar-refractivity contribution in [1.82, 2.24) is 0 Å². The molecule has 0 saturated heterocycles. The van der Waals surface area contributed by atoms with Crippen LogP contribution in [0.2, 0.25) is 0 Å². The Morgan fingerprint density at radius 1 is 0.390 bits per heavy atom. The number of ether oxygens (including phenoxy) is 2. The average molecular weight is 1170 g/mol. The molecule has 0 amide bonds. The summed E-state index contributed by atoms with van der Waals surface area (Å²) < 4.78 is 34.7. The van der Waals surface area contributed by atoms with Crippen LogP contribution in [-0.4, -0.2) is 74.9 Å². The van der Waals surface area contributed by atoms with Gasteiger partial charge in [0.15, 0.2) is 6.10 Å². The van der Waals surface area contributed by atoms with Gasteiger partial charge in [-0.1, -0.05) is 292 Å². The second-order valence-electron chi connectivity index (χ2n) is 24.2. The predicted octanol–water partition coefficient (Wildman–Crippen LogP) is 22.2. The van der Waals surface area contributed by atoms with Crippen LogP contribution in [0.4, 0.5) is 0 Å². The molecule has 0 aromatic heterocycles. The summed E-state index contributed by atoms with van der Waals surface area (Å²) in [5.74, 6) is -0.807. The van der Waals surface area contributed by atoms with Crippen LogP contribution in [0.25, 0.3) is 0 Å². The molecule has 1 N–H and O–H groups in total. The highest BCUT2D eigenvalue weighted by atomic mass is 31.2. The van der Waals surface area contributed by atoms with Crippen molar-refractivity contribution in [3.63, 3.8) is 0 Å². The number of esters is 2. The summed E-state index contributed by atoms with van der Waals surface area (Å²) >= 11 is 0. The molecule has 0 aromatic carbocycles. The molecule has 0 rings (SSSR count). The highest BCUT2D eigenvalue weighted by Crippen LogP contribution is 2.43. The number of phosphoric acid groups is 1. The fraction of sp³-hybridized carbons (Fsp3) is 0.778. The van der Waals surface area contributed by atoms with Gasteiger partial charge in [-0.15, -0.1) is 0 Å². The number of nitrogens with zero attached hydrogens (tertiary/aromatic N) is 1. The number of hydrogen-bond acceptors (Lipinski definition) is 7. The largest absolute Gasteiger partial charge is 0.472 e. The fourth-order valence-corrected chi connectivity index (χ4v) is 10.4. The molecule has 0 aliphatic rings. The number of phosphoric ester groups is 1. The van der Waals surface area contributed by atoms with Crippen molar-refractivity contribution in [3.8, 4) is 0 Å². The van der Waals surface area contributed by atoms with Crippen LogP contribution < -0.4 is 0 Å². The van der Waals surface area contributed by atoms with Crippen molar-refractivity contribution in [2.24, 2.45) is 0 Å². The van der Waals surface area contributed by atoms with Gasteiger partial charge in [-0.3, -0.25) is 18.6 Å². The second kappa shape index (κ2) is 62.7. The summed E-state index contributed by atoms with van der Waals surface area (Å²) in [6.07, 6.45) is 85.5. The molecule has 476 valence electrons. The first kappa shape index (κ1) is 79.2. The molecule has 82 heavy (non-hydrogen) atoms. The van der Waals surface area contributed by atoms with Gasteiger partial charge in [0.25, 0.3) is 0 Å². The molecule has 0 heterocycles. The molecule has 0 aromatic rings. The lowest BCUT2D eigenvalue weighted by Gasteiger charge is -2.24. The lowest BCUT2D eigenvalue weighted by molar-refractivity contribution is -0.870. The van der Waals surface area contributed by atoms with Gasteiger partial charge < -0.3 is 18.9 Å². The van der Waals surface area contributed by atoms with Crippen LogP contribution in [0.3, 0.4) is 0 Å². The highest BCUT2D eigenvalue weighted by Gasteiger charge is 2.27. The molecule has 0 spiro atoms. The summed E-state index contributed by atoms with van der Waals surface area (Å²) in [5, 5.41) is 0. The number of quaternary nitrogens is 1. The molecular formula is C72H131NO8P+. The fourth-order valence-electron chi connectivity index (χ4n) is 9.66. The van der Waals surface area contributed by atoms with E-state index in [0.717, 1.165) is 96.3 Å². The Bertz CT molecular complexity index is 1660. The molecule has 0 aliphatic heterocycles. The maximum absolute atomic E-state index is 12.9. The van der Waals surface area contributed by atoms with Crippen LogP contribution in [0, 0.1) is 0 Å². The van der Waals surface area contributed by atoms with Gasteiger partial charge in [0.05, 0.1) is 27.7 Å². The SMILES string of the molecule is CC/C=C\C/C=C\C/C=C\C/C=C\C/C=C\C/C=C\CCCCCCCCC(=O)OC(COC(=O)CCCCCCCCCCCCCCCCCCCCCCC/C=C\CCCCCCCCCC)COP(=O)(O)OCC[N+](C)(C)C. The smallest absolute Gasteiger partial charge is 0.462 e. The average Bonchev–Trinajstić information content (AvgIpc) is 3.46. The Morgan fingerprint density at radius 3 is 1.05 bits per heavy atom. The van der Waals surface area contributed by atoms with Crippen molar-refractivity contribution in [3.05, 3.63) is 85.1 Å². The van der Waals surface area contributed by atoms with Gasteiger partial charge in [0, 0.05) is 12.8 Å². The molecule has 0 radical (unpaired) electrons. The van der Waals surface area contributed by atoms with Gasteiger partial charge >= 0.3 is 19.8 Å². The molecule has 2 unspecified atom stereocenters. The zero-order valence-corrected chi connectivity index (χ0v) is 55.1. The first-order valence-corrected chi connectivity index (χ1v) is 35.8. The lowest BCUT2D eigenvalue weighted by atomic mass is 10.0. The quantitative estimate of drug-likeness (QED) is 0.0211. The molecule has 0 fully saturated rings. The van der Waals surface area contributed by atoms with Crippen molar-refractivity contribution < 1.29 is 42.1 Å². The molecule has 0 saturated carbocycles. The summed E-state index contributed by atoms with van der Waals surface area (Å²) in [6, 6.07) is 0. The van der Waals surface area contributed by atoms with E-state index in [1.807, 2.05) is 21.1 Å². The van der Waals surface area contributed by atoms with Crippen molar-refractivity contribution in [2.45, 2.75) is 315 Å². The van der Waals surface area contributed by atoms with E-state index in [4.69, 9.17) is 18.5 Å². The highest BCUT2D eigenvalue weighted by molar-refractivity contribution is 7.47. The number of carbonyl (C=O) groups is 2. The normalized spacial score (nSPS) is 13.7. The van der Waals surface area contributed by atoms with Crippen LogP contribution in [0.1, 0.15) is 309 Å². The summed E-state index contributed by atoms with van der Waals surface area (Å²) in [5.41, 5.74) is 0. The summed E-state index contributed by atoms with van der Waals surface area (Å²) in [4.78, 5) is 35.8. The molecule has 2 atom stereocenters. The Kier molecular flexibility index (Phi) is 60.6. The summed E-state index contributed by atoms with van der Waals surface area (Å²) in [7, 11) is 1.47. The molecule has 0 bridgehead atoms. The van der Waals surface area contributed by atoms with Gasteiger partial charge in [-0.25, -0.2) is 4.57 Å². The minimum Gasteiger partial charge on any atom is -0.462 e. The Morgan fingerprint density at radius 2 is 0.695 bits per heavy atom. The van der Waals surface area contributed by atoms with Gasteiger partial charge in [0.1, 0.15) is 19.8 Å². The van der Waals surface area contributed by atoms with E-state index < -0.39 is 26.5 Å². The number of unbranched alkanes of at least 4 members (excludes halogenated alkanes) is 35. The third-order valence-corrected chi connectivity index (χ3v) is 15.9. The standard InChI is InChI=1S/C72H130NO8P/c1-6-8-10-12-14-16-18-20-22-24-26-28-30-32-33-34-35-36-37-38-39-41-42-44-46-48-50-52-54-56-58-60-62-64-71(74)78-68-70(69-80-82(76,77)79-67-66-73(3,4)5)81-72(75)65-63-61-59-57-55-53-51-49-47-45-43-40-31-29-27-25-23-21-19-17-15-13-11-9-7-2/h9,11,15,17,21,23-24,26-27,29,40,43,47,49,70H,6-8,10,12-14,16,18-20,22,25,28,30-39,41-42,44-46,48,50-69H2,1-5H3/p+1/b11-9-,17-15-,23-21-,26-24-,29-27-,43-40-,49-47-. The number of hydrogen-bond donors (Lipinski definition) is 1. The van der Waals surface area contributed by atoms with Crippen LogP contribution in [-0.2, 0) is 32.7 Å². The van der Waals surface area contributed by atoms with E-state index in [1.165, 1.54) is 180 Å². The minimum absolute atomic E-state index is 0.0259. The Balaban J connectivity index is 4.05. The summed E-state index contributed by atoms with van der Waals surface area (Å²) in [6.45, 7) is 4.33. The first-order valence-electron chi connectivity index (χ1n) is 34.3. The zero-order valence-electron chi connectivity index (χ0n) is 54.2. The van der Waals surface area contributed by atoms with E-state index in [9.17, 15) is 19.0 Å². The maximum atomic E-state index is 12.9. The van der Waals surface area contributed by atoms with E-state index in [1.54, 1.807) is 0 Å². The third kappa shape index (κ3) is 66.3. The lowest BCUT2D eigenvalue weighted by Crippen LogP contribution is -2.37. The topological polar surface area (TPSA) is 108 Å². The van der Waals surface area contributed by atoms with Crippen molar-refractivity contribution >= 4 is 19.8 Å². The van der Waals surface area contributed by atoms with E-state index in [2.05, 4.69) is 98.9 Å². The van der Waals surface area contributed by atoms with E-state index in [-0.39, 0.29) is 32.0 Å². The van der Waals surface area contributed by atoms with Gasteiger partial charge in [0.2, 0.25) is 0 Å².